The van der Waals surface area contributed by atoms with Gasteiger partial charge in [-0.2, -0.15) is 0 Å². The highest BCUT2D eigenvalue weighted by atomic mass is 32.2. The van der Waals surface area contributed by atoms with E-state index in [-0.39, 0.29) is 42.0 Å². The monoisotopic (exact) mass is 416 g/mol. The minimum atomic E-state index is -3.76. The average molecular weight is 416 g/mol. The Kier molecular flexibility index (Phi) is 5.95. The van der Waals surface area contributed by atoms with Crippen LogP contribution in [0, 0.1) is 0 Å². The third-order valence-corrected chi connectivity index (χ3v) is 5.38. The molecule has 0 saturated heterocycles. The van der Waals surface area contributed by atoms with Crippen molar-refractivity contribution in [3.05, 3.63) is 59.7 Å². The highest BCUT2D eigenvalue weighted by molar-refractivity contribution is 7.89. The second-order valence-electron chi connectivity index (χ2n) is 6.57. The molecule has 0 aliphatic carbocycles. The van der Waals surface area contributed by atoms with Crippen LogP contribution >= 0.6 is 0 Å². The van der Waals surface area contributed by atoms with Crippen LogP contribution in [0.5, 0.6) is 0 Å². The van der Waals surface area contributed by atoms with Crippen LogP contribution in [0.2, 0.25) is 0 Å². The molecule has 0 radical (unpaired) electrons. The second-order valence-corrected chi connectivity index (χ2v) is 8.13. The van der Waals surface area contributed by atoms with Crippen molar-refractivity contribution in [2.75, 3.05) is 5.32 Å². The minimum absolute atomic E-state index is 0.0105. The lowest BCUT2D eigenvalue weighted by Gasteiger charge is -2.14. The van der Waals surface area contributed by atoms with Gasteiger partial charge >= 0.3 is 0 Å². The lowest BCUT2D eigenvalue weighted by molar-refractivity contribution is -0.122. The Hall–Kier alpha value is -3.24. The summed E-state index contributed by atoms with van der Waals surface area (Å²) in [7, 11) is -3.76. The number of anilines is 1. The van der Waals surface area contributed by atoms with Crippen LogP contribution in [-0.2, 0) is 26.2 Å². The molecule has 3 amide bonds. The van der Waals surface area contributed by atoms with Crippen molar-refractivity contribution in [1.82, 2.24) is 10.6 Å². The number of carbonyl (C=O) groups is 3. The van der Waals surface area contributed by atoms with Crippen LogP contribution < -0.4 is 21.1 Å². The Morgan fingerprint density at radius 2 is 1.76 bits per heavy atom. The molecule has 2 aromatic carbocycles. The minimum Gasteiger partial charge on any atom is -0.352 e. The Labute approximate surface area is 167 Å². The van der Waals surface area contributed by atoms with Gasteiger partial charge in [-0.25, -0.2) is 13.6 Å². The van der Waals surface area contributed by atoms with Gasteiger partial charge in [0.2, 0.25) is 21.8 Å². The summed E-state index contributed by atoms with van der Waals surface area (Å²) < 4.78 is 22.5. The summed E-state index contributed by atoms with van der Waals surface area (Å²) >= 11 is 0. The summed E-state index contributed by atoms with van der Waals surface area (Å²) in [4.78, 5) is 36.7. The van der Waals surface area contributed by atoms with E-state index in [1.54, 1.807) is 36.4 Å². The third-order valence-electron chi connectivity index (χ3n) is 4.45. The van der Waals surface area contributed by atoms with Crippen LogP contribution in [0.1, 0.15) is 28.8 Å². The molecule has 1 aliphatic heterocycles. The first-order chi connectivity index (χ1) is 13.7. The van der Waals surface area contributed by atoms with E-state index in [0.717, 1.165) is 0 Å². The molecule has 0 saturated carbocycles. The van der Waals surface area contributed by atoms with Gasteiger partial charge in [0.05, 0.1) is 16.1 Å². The lowest BCUT2D eigenvalue weighted by Crippen LogP contribution is -2.42. The van der Waals surface area contributed by atoms with E-state index in [2.05, 4.69) is 16.0 Å². The predicted octanol–water partition coefficient (Wildman–Crippen LogP) is 0.481. The summed E-state index contributed by atoms with van der Waals surface area (Å²) in [5.74, 6) is -1.06. The fourth-order valence-electron chi connectivity index (χ4n) is 2.88. The van der Waals surface area contributed by atoms with Gasteiger partial charge in [-0.05, 0) is 36.2 Å². The molecular formula is C19H20N4O5S. The Balaban J connectivity index is 1.52. The maximum absolute atomic E-state index is 12.3. The van der Waals surface area contributed by atoms with E-state index in [0.29, 0.717) is 16.8 Å². The topological polar surface area (TPSA) is 147 Å². The van der Waals surface area contributed by atoms with Crippen molar-refractivity contribution < 1.29 is 22.8 Å². The maximum atomic E-state index is 12.3. The fraction of sp³-hybridized carbons (Fsp3) is 0.211. The zero-order valence-electron chi connectivity index (χ0n) is 15.3. The van der Waals surface area contributed by atoms with Crippen molar-refractivity contribution in [2.45, 2.75) is 30.3 Å². The molecule has 5 N–H and O–H groups in total. The summed E-state index contributed by atoms with van der Waals surface area (Å²) in [5.41, 5.74) is 1.50. The van der Waals surface area contributed by atoms with E-state index >= 15 is 0 Å². The summed E-state index contributed by atoms with van der Waals surface area (Å²) in [6.07, 6.45) is 0.172. The Morgan fingerprint density at radius 1 is 1.07 bits per heavy atom. The number of fused-ring (bicyclic) bond motifs is 1. The number of sulfonamides is 1. The number of para-hydroxylation sites is 1. The molecule has 2 aromatic rings. The molecule has 1 heterocycles. The van der Waals surface area contributed by atoms with Gasteiger partial charge in [-0.3, -0.25) is 14.4 Å². The standard InChI is InChI=1S/C19H20N4O5S/c20-29(27,28)13-7-5-12(6-8-13)11-21-17(24)10-9-16-19(26)22-15-4-2-1-3-14(15)18(25)23-16/h1-8,16H,9-11H2,(H,21,24)(H,22,26)(H,23,25)(H2,20,27,28)/t16-/m0/s1. The van der Waals surface area contributed by atoms with Gasteiger partial charge in [-0.15, -0.1) is 0 Å². The summed E-state index contributed by atoms with van der Waals surface area (Å²) in [5, 5.41) is 13.1. The van der Waals surface area contributed by atoms with E-state index < -0.39 is 16.1 Å². The smallest absolute Gasteiger partial charge is 0.254 e. The zero-order chi connectivity index (χ0) is 21.0. The molecule has 152 valence electrons. The van der Waals surface area contributed by atoms with Crippen molar-refractivity contribution in [3.8, 4) is 0 Å². The van der Waals surface area contributed by atoms with Crippen LogP contribution in [0.3, 0.4) is 0 Å². The van der Waals surface area contributed by atoms with E-state index in [4.69, 9.17) is 5.14 Å². The third kappa shape index (κ3) is 5.18. The van der Waals surface area contributed by atoms with Gasteiger partial charge in [0.25, 0.3) is 5.91 Å². The molecule has 0 spiro atoms. The first-order valence-electron chi connectivity index (χ1n) is 8.83. The van der Waals surface area contributed by atoms with Gasteiger partial charge in [0.15, 0.2) is 0 Å². The number of nitrogens with two attached hydrogens (primary N) is 1. The number of hydrogen-bond donors (Lipinski definition) is 4. The largest absolute Gasteiger partial charge is 0.352 e. The SMILES string of the molecule is NS(=O)(=O)c1ccc(CNC(=O)CC[C@@H]2NC(=O)c3ccccc3NC2=O)cc1. The number of nitrogens with one attached hydrogen (secondary N) is 3. The quantitative estimate of drug-likeness (QED) is 0.541. The van der Waals surface area contributed by atoms with Gasteiger partial charge in [0.1, 0.15) is 6.04 Å². The Bertz CT molecular complexity index is 1050. The van der Waals surface area contributed by atoms with Gasteiger partial charge in [-0.1, -0.05) is 24.3 Å². The van der Waals surface area contributed by atoms with Crippen molar-refractivity contribution in [2.24, 2.45) is 5.14 Å². The highest BCUT2D eigenvalue weighted by Gasteiger charge is 2.27. The number of benzene rings is 2. The van der Waals surface area contributed by atoms with E-state index in [1.165, 1.54) is 12.1 Å². The van der Waals surface area contributed by atoms with Crippen LogP contribution in [-0.4, -0.2) is 32.2 Å². The van der Waals surface area contributed by atoms with Gasteiger partial charge in [0, 0.05) is 13.0 Å². The van der Waals surface area contributed by atoms with E-state index in [9.17, 15) is 22.8 Å². The van der Waals surface area contributed by atoms with Crippen molar-refractivity contribution in [3.63, 3.8) is 0 Å². The number of primary sulfonamides is 1. The highest BCUT2D eigenvalue weighted by Crippen LogP contribution is 2.19. The van der Waals surface area contributed by atoms with E-state index in [1.807, 2.05) is 0 Å². The normalized spacial score (nSPS) is 16.2. The molecule has 1 atom stereocenters. The first kappa shape index (κ1) is 20.5. The average Bonchev–Trinajstić information content (AvgIpc) is 2.80. The van der Waals surface area contributed by atoms with Gasteiger partial charge < -0.3 is 16.0 Å². The van der Waals surface area contributed by atoms with Crippen LogP contribution in [0.25, 0.3) is 0 Å². The van der Waals surface area contributed by atoms with Crippen LogP contribution in [0.4, 0.5) is 5.69 Å². The molecule has 1 aliphatic rings. The number of hydrogen-bond acceptors (Lipinski definition) is 5. The molecule has 0 aromatic heterocycles. The number of amides is 3. The molecular weight excluding hydrogens is 396 g/mol. The molecule has 10 heteroatoms. The molecule has 0 bridgehead atoms. The maximum Gasteiger partial charge on any atom is 0.254 e. The zero-order valence-corrected chi connectivity index (χ0v) is 16.2. The lowest BCUT2D eigenvalue weighted by atomic mass is 10.1. The van der Waals surface area contributed by atoms with Crippen molar-refractivity contribution in [1.29, 1.82) is 0 Å². The summed E-state index contributed by atoms with van der Waals surface area (Å²) in [6, 6.07) is 11.7. The molecule has 0 fully saturated rings. The Morgan fingerprint density at radius 3 is 2.45 bits per heavy atom. The number of carbonyl (C=O) groups excluding carboxylic acids is 3. The van der Waals surface area contributed by atoms with Crippen LogP contribution in [0.15, 0.2) is 53.4 Å². The second kappa shape index (κ2) is 8.41. The molecule has 9 nitrogen and oxygen atoms in total. The predicted molar refractivity (Wildman–Crippen MR) is 105 cm³/mol. The van der Waals surface area contributed by atoms with Crippen molar-refractivity contribution >= 4 is 33.4 Å². The number of rotatable bonds is 6. The molecule has 3 rings (SSSR count). The molecule has 0 unspecified atom stereocenters. The summed E-state index contributed by atoms with van der Waals surface area (Å²) in [6.45, 7) is 0.193. The fourth-order valence-corrected chi connectivity index (χ4v) is 3.39. The first-order valence-corrected chi connectivity index (χ1v) is 10.4. The molecule has 29 heavy (non-hydrogen) atoms.